The fourth-order valence-electron chi connectivity index (χ4n) is 1.47. The van der Waals surface area contributed by atoms with Gasteiger partial charge in [0, 0.05) is 11.0 Å². The monoisotopic (exact) mass is 266 g/mol. The third kappa shape index (κ3) is 4.37. The molecule has 0 amide bonds. The molecule has 3 heteroatoms. The average molecular weight is 266 g/mol. The van der Waals surface area contributed by atoms with Gasteiger partial charge in [-0.05, 0) is 24.0 Å². The Morgan fingerprint density at radius 2 is 1.72 bits per heavy atom. The van der Waals surface area contributed by atoms with Crippen LogP contribution in [0.15, 0.2) is 24.3 Å². The van der Waals surface area contributed by atoms with Crippen molar-refractivity contribution in [2.24, 2.45) is 5.92 Å². The lowest BCUT2D eigenvalue weighted by Crippen LogP contribution is -2.07. The first-order valence-electron chi connectivity index (χ1n) is 6.35. The van der Waals surface area contributed by atoms with E-state index >= 15 is 0 Å². The first kappa shape index (κ1) is 15.1. The Labute approximate surface area is 114 Å². The number of rotatable bonds is 6. The highest BCUT2D eigenvalue weighted by Gasteiger charge is 2.13. The maximum Gasteiger partial charge on any atom is 0.310 e. The van der Waals surface area contributed by atoms with E-state index < -0.39 is 11.9 Å². The molecule has 0 aromatic heterocycles. The Bertz CT molecular complexity index is 384. The van der Waals surface area contributed by atoms with Gasteiger partial charge in [0.25, 0.3) is 0 Å². The van der Waals surface area contributed by atoms with Crippen LogP contribution in [-0.4, -0.2) is 16.3 Å². The highest BCUT2D eigenvalue weighted by Crippen LogP contribution is 2.24. The van der Waals surface area contributed by atoms with E-state index in [2.05, 4.69) is 20.8 Å². The van der Waals surface area contributed by atoms with Crippen LogP contribution in [0.25, 0.3) is 0 Å². The fourth-order valence-corrected chi connectivity index (χ4v) is 2.50. The topological polar surface area (TPSA) is 37.3 Å². The number of carbonyl (C=O) groups is 1. The minimum atomic E-state index is -0.773. The van der Waals surface area contributed by atoms with Crippen molar-refractivity contribution >= 4 is 17.7 Å². The van der Waals surface area contributed by atoms with Gasteiger partial charge in [-0.1, -0.05) is 45.0 Å². The van der Waals surface area contributed by atoms with Gasteiger partial charge in [0.05, 0.1) is 5.92 Å². The van der Waals surface area contributed by atoms with E-state index in [1.165, 1.54) is 5.56 Å². The molecule has 1 N–H and O–H groups in total. The highest BCUT2D eigenvalue weighted by molar-refractivity contribution is 7.99. The van der Waals surface area contributed by atoms with Crippen molar-refractivity contribution in [2.45, 2.75) is 44.6 Å². The zero-order chi connectivity index (χ0) is 13.7. The lowest BCUT2D eigenvalue weighted by atomic mass is 10.0. The van der Waals surface area contributed by atoms with E-state index in [-0.39, 0.29) is 0 Å². The molecule has 0 aliphatic heterocycles. The van der Waals surface area contributed by atoms with Crippen LogP contribution in [0.2, 0.25) is 0 Å². The molecule has 0 saturated heterocycles. The molecule has 0 fully saturated rings. The van der Waals surface area contributed by atoms with Crippen molar-refractivity contribution < 1.29 is 9.90 Å². The van der Waals surface area contributed by atoms with E-state index in [1.54, 1.807) is 6.92 Å². The van der Waals surface area contributed by atoms with Crippen LogP contribution in [0.4, 0.5) is 0 Å². The standard InChI is InChI=1S/C15H22O2S/c1-10(2)12(4)18-9-13-5-7-14(8-6-13)11(3)15(16)17/h5-8,10-12H,9H2,1-4H3,(H,16,17). The third-order valence-corrected chi connectivity index (χ3v) is 4.87. The van der Waals surface area contributed by atoms with Gasteiger partial charge in [0.15, 0.2) is 0 Å². The maximum absolute atomic E-state index is 10.9. The van der Waals surface area contributed by atoms with Crippen molar-refractivity contribution in [1.82, 2.24) is 0 Å². The minimum absolute atomic E-state index is 0.429. The van der Waals surface area contributed by atoms with Crippen molar-refractivity contribution in [1.29, 1.82) is 0 Å². The predicted molar refractivity (Wildman–Crippen MR) is 78.1 cm³/mol. The van der Waals surface area contributed by atoms with Crippen LogP contribution < -0.4 is 0 Å². The second kappa shape index (κ2) is 6.83. The van der Waals surface area contributed by atoms with Crippen LogP contribution >= 0.6 is 11.8 Å². The van der Waals surface area contributed by atoms with E-state index in [0.29, 0.717) is 11.2 Å². The Hall–Kier alpha value is -0.960. The van der Waals surface area contributed by atoms with E-state index in [9.17, 15) is 4.79 Å². The maximum atomic E-state index is 10.9. The molecule has 2 atom stereocenters. The minimum Gasteiger partial charge on any atom is -0.481 e. The first-order valence-corrected chi connectivity index (χ1v) is 7.40. The smallest absolute Gasteiger partial charge is 0.310 e. The zero-order valence-electron chi connectivity index (χ0n) is 11.5. The summed E-state index contributed by atoms with van der Waals surface area (Å²) in [5.74, 6) is 0.467. The number of carboxylic acids is 1. The Morgan fingerprint density at radius 1 is 1.17 bits per heavy atom. The van der Waals surface area contributed by atoms with Crippen molar-refractivity contribution in [3.63, 3.8) is 0 Å². The molecule has 0 spiro atoms. The summed E-state index contributed by atoms with van der Waals surface area (Å²) < 4.78 is 0. The molecule has 0 bridgehead atoms. The van der Waals surface area contributed by atoms with Crippen LogP contribution in [0.3, 0.4) is 0 Å². The van der Waals surface area contributed by atoms with Gasteiger partial charge in [0.1, 0.15) is 0 Å². The van der Waals surface area contributed by atoms with Crippen molar-refractivity contribution in [3.05, 3.63) is 35.4 Å². The molecule has 0 saturated carbocycles. The number of thioether (sulfide) groups is 1. The van der Waals surface area contributed by atoms with Crippen molar-refractivity contribution in [2.75, 3.05) is 0 Å². The van der Waals surface area contributed by atoms with Crippen LogP contribution in [0.5, 0.6) is 0 Å². The number of hydrogen-bond donors (Lipinski definition) is 1. The van der Waals surface area contributed by atoms with Gasteiger partial charge < -0.3 is 5.11 Å². The molecule has 2 unspecified atom stereocenters. The normalized spacial score (nSPS) is 14.5. The first-order chi connectivity index (χ1) is 8.41. The molecule has 2 nitrogen and oxygen atoms in total. The number of aliphatic carboxylic acids is 1. The van der Waals surface area contributed by atoms with Gasteiger partial charge in [-0.25, -0.2) is 0 Å². The van der Waals surface area contributed by atoms with E-state index in [0.717, 1.165) is 11.3 Å². The lowest BCUT2D eigenvalue weighted by Gasteiger charge is -2.15. The highest BCUT2D eigenvalue weighted by atomic mass is 32.2. The second-order valence-electron chi connectivity index (χ2n) is 5.06. The van der Waals surface area contributed by atoms with Crippen LogP contribution in [0.1, 0.15) is 44.7 Å². The third-order valence-electron chi connectivity index (χ3n) is 3.30. The summed E-state index contributed by atoms with van der Waals surface area (Å²) in [6.07, 6.45) is 0. The summed E-state index contributed by atoms with van der Waals surface area (Å²) in [4.78, 5) is 10.9. The second-order valence-corrected chi connectivity index (χ2v) is 6.43. The lowest BCUT2D eigenvalue weighted by molar-refractivity contribution is -0.138. The van der Waals surface area contributed by atoms with Gasteiger partial charge in [0.2, 0.25) is 0 Å². The number of benzene rings is 1. The molecule has 0 heterocycles. The summed E-state index contributed by atoms with van der Waals surface area (Å²) in [5.41, 5.74) is 2.13. The fraction of sp³-hybridized carbons (Fsp3) is 0.533. The Morgan fingerprint density at radius 3 is 2.17 bits per heavy atom. The molecule has 18 heavy (non-hydrogen) atoms. The summed E-state index contributed by atoms with van der Waals surface area (Å²) in [5, 5.41) is 9.58. The molecule has 1 aromatic carbocycles. The largest absolute Gasteiger partial charge is 0.481 e. The molecule has 0 aliphatic carbocycles. The summed E-state index contributed by atoms with van der Waals surface area (Å²) >= 11 is 1.94. The van der Waals surface area contributed by atoms with E-state index in [4.69, 9.17) is 5.11 Å². The summed E-state index contributed by atoms with van der Waals surface area (Å²) in [7, 11) is 0. The molecule has 100 valence electrons. The number of carboxylic acid groups (broad SMARTS) is 1. The summed E-state index contributed by atoms with van der Waals surface area (Å²) in [6.45, 7) is 8.42. The SMILES string of the molecule is CC(C(=O)O)c1ccc(CSC(C)C(C)C)cc1. The zero-order valence-corrected chi connectivity index (χ0v) is 12.3. The van der Waals surface area contributed by atoms with Crippen LogP contribution in [0, 0.1) is 5.92 Å². The van der Waals surface area contributed by atoms with Gasteiger partial charge in [-0.2, -0.15) is 11.8 Å². The molecule has 1 aromatic rings. The molecule has 0 radical (unpaired) electrons. The number of hydrogen-bond acceptors (Lipinski definition) is 2. The average Bonchev–Trinajstić information content (AvgIpc) is 2.35. The van der Waals surface area contributed by atoms with Gasteiger partial charge in [-0.15, -0.1) is 0 Å². The van der Waals surface area contributed by atoms with Crippen LogP contribution in [-0.2, 0) is 10.5 Å². The van der Waals surface area contributed by atoms with E-state index in [1.807, 2.05) is 36.0 Å². The molecule has 1 rings (SSSR count). The summed E-state index contributed by atoms with van der Waals surface area (Å²) in [6, 6.07) is 7.92. The van der Waals surface area contributed by atoms with Gasteiger partial charge in [-0.3, -0.25) is 4.79 Å². The molecular weight excluding hydrogens is 244 g/mol. The molecule has 0 aliphatic rings. The van der Waals surface area contributed by atoms with Gasteiger partial charge >= 0.3 is 5.97 Å². The predicted octanol–water partition coefficient (Wildman–Crippen LogP) is 4.15. The van der Waals surface area contributed by atoms with Crippen molar-refractivity contribution in [3.8, 4) is 0 Å². The molecular formula is C15H22O2S. The quantitative estimate of drug-likeness (QED) is 0.840. The Balaban J connectivity index is 2.58. The Kier molecular flexibility index (Phi) is 5.73.